The van der Waals surface area contributed by atoms with E-state index in [1.807, 2.05) is 55.5 Å². The third kappa shape index (κ3) is 5.23. The first kappa shape index (κ1) is 19.7. The summed E-state index contributed by atoms with van der Waals surface area (Å²) >= 11 is 0. The Labute approximate surface area is 164 Å². The largest absolute Gasteiger partial charge is 0.378 e. The number of carbonyl (C=O) groups excluding carboxylic acids is 2. The van der Waals surface area contributed by atoms with Gasteiger partial charge in [0.2, 0.25) is 5.91 Å². The Balaban J connectivity index is 1.69. The molecule has 2 aromatic carbocycles. The minimum Gasteiger partial charge on any atom is -0.378 e. The molecule has 148 valence electrons. The van der Waals surface area contributed by atoms with Crippen LogP contribution in [-0.2, 0) is 9.53 Å². The smallest absolute Gasteiger partial charge is 0.312 e. The predicted octanol–water partition coefficient (Wildman–Crippen LogP) is 2.57. The molecule has 0 aromatic heterocycles. The van der Waals surface area contributed by atoms with Crippen molar-refractivity contribution in [2.24, 2.45) is 5.73 Å². The van der Waals surface area contributed by atoms with Gasteiger partial charge in [0, 0.05) is 24.5 Å². The van der Waals surface area contributed by atoms with Gasteiger partial charge in [-0.05, 0) is 36.2 Å². The summed E-state index contributed by atoms with van der Waals surface area (Å²) in [5.41, 5.74) is 8.94. The fourth-order valence-electron chi connectivity index (χ4n) is 3.39. The van der Waals surface area contributed by atoms with Crippen LogP contribution in [0.5, 0.6) is 0 Å². The van der Waals surface area contributed by atoms with Gasteiger partial charge in [-0.25, -0.2) is 4.79 Å². The Morgan fingerprint density at radius 2 is 1.89 bits per heavy atom. The summed E-state index contributed by atoms with van der Waals surface area (Å²) in [6, 6.07) is 14.2. The van der Waals surface area contributed by atoms with Crippen LogP contribution in [-0.4, -0.2) is 38.2 Å². The van der Waals surface area contributed by atoms with Crippen LogP contribution in [0.4, 0.5) is 16.2 Å². The van der Waals surface area contributed by atoms with E-state index in [9.17, 15) is 9.59 Å². The second-order valence-corrected chi connectivity index (χ2v) is 6.82. The number of carbonyl (C=O) groups is 2. The molecule has 7 heteroatoms. The van der Waals surface area contributed by atoms with Crippen molar-refractivity contribution in [2.75, 3.05) is 36.5 Å². The molecule has 0 spiro atoms. The van der Waals surface area contributed by atoms with Crippen LogP contribution in [0.15, 0.2) is 48.5 Å². The maximum atomic E-state index is 12.6. The van der Waals surface area contributed by atoms with Gasteiger partial charge in [0.25, 0.3) is 0 Å². The number of primary amides is 1. The number of hydrogen-bond donors (Lipinski definition) is 3. The van der Waals surface area contributed by atoms with Crippen LogP contribution in [0.1, 0.15) is 23.6 Å². The van der Waals surface area contributed by atoms with Crippen LogP contribution in [0.25, 0.3) is 0 Å². The fourth-order valence-corrected chi connectivity index (χ4v) is 3.39. The zero-order valence-corrected chi connectivity index (χ0v) is 16.0. The van der Waals surface area contributed by atoms with Crippen LogP contribution in [0, 0.1) is 6.92 Å². The number of benzene rings is 2. The Hall–Kier alpha value is -3.06. The summed E-state index contributed by atoms with van der Waals surface area (Å²) in [6.45, 7) is 5.00. The van der Waals surface area contributed by atoms with E-state index >= 15 is 0 Å². The molecule has 1 fully saturated rings. The highest BCUT2D eigenvalue weighted by atomic mass is 16.5. The molecular weight excluding hydrogens is 356 g/mol. The number of nitrogens with zero attached hydrogens (tertiary/aromatic N) is 1. The van der Waals surface area contributed by atoms with E-state index in [1.165, 1.54) is 0 Å². The van der Waals surface area contributed by atoms with E-state index in [1.54, 1.807) is 0 Å². The van der Waals surface area contributed by atoms with Crippen LogP contribution in [0.3, 0.4) is 0 Å². The molecule has 1 saturated heterocycles. The highest BCUT2D eigenvalue weighted by Gasteiger charge is 2.19. The lowest BCUT2D eigenvalue weighted by molar-refractivity contribution is -0.116. The second kappa shape index (κ2) is 9.23. The van der Waals surface area contributed by atoms with E-state index in [2.05, 4.69) is 15.5 Å². The van der Waals surface area contributed by atoms with Gasteiger partial charge in [-0.1, -0.05) is 30.3 Å². The number of rotatable bonds is 6. The normalized spacial score (nSPS) is 15.0. The van der Waals surface area contributed by atoms with Gasteiger partial charge in [-0.15, -0.1) is 0 Å². The van der Waals surface area contributed by atoms with Crippen molar-refractivity contribution in [3.8, 4) is 0 Å². The Morgan fingerprint density at radius 1 is 1.14 bits per heavy atom. The van der Waals surface area contributed by atoms with Gasteiger partial charge >= 0.3 is 6.03 Å². The van der Waals surface area contributed by atoms with Crippen molar-refractivity contribution in [3.05, 3.63) is 59.7 Å². The van der Waals surface area contributed by atoms with E-state index in [4.69, 9.17) is 10.5 Å². The molecule has 0 saturated carbocycles. The SMILES string of the molecule is Cc1ccccc1C(CC(=O)Nc1cccc(N2CCOCC2)c1)NC(N)=O. The summed E-state index contributed by atoms with van der Waals surface area (Å²) in [6.07, 6.45) is 0.0928. The van der Waals surface area contributed by atoms with Crippen molar-refractivity contribution in [1.29, 1.82) is 0 Å². The van der Waals surface area contributed by atoms with Crippen molar-refractivity contribution in [1.82, 2.24) is 5.32 Å². The molecule has 0 bridgehead atoms. The van der Waals surface area contributed by atoms with Crippen LogP contribution in [0.2, 0.25) is 0 Å². The predicted molar refractivity (Wildman–Crippen MR) is 109 cm³/mol. The average Bonchev–Trinajstić information content (AvgIpc) is 2.68. The van der Waals surface area contributed by atoms with Crippen molar-refractivity contribution in [3.63, 3.8) is 0 Å². The molecule has 3 rings (SSSR count). The zero-order valence-electron chi connectivity index (χ0n) is 16.0. The summed E-state index contributed by atoms with van der Waals surface area (Å²) in [7, 11) is 0. The molecule has 1 unspecified atom stereocenters. The van der Waals surface area contributed by atoms with E-state index in [0.29, 0.717) is 13.2 Å². The maximum Gasteiger partial charge on any atom is 0.312 e. The molecule has 1 atom stereocenters. The van der Waals surface area contributed by atoms with E-state index in [0.717, 1.165) is 35.6 Å². The lowest BCUT2D eigenvalue weighted by atomic mass is 9.98. The number of aryl methyl sites for hydroxylation is 1. The van der Waals surface area contributed by atoms with E-state index in [-0.39, 0.29) is 12.3 Å². The highest BCUT2D eigenvalue weighted by molar-refractivity contribution is 5.92. The second-order valence-electron chi connectivity index (χ2n) is 6.82. The number of anilines is 2. The molecule has 1 aliphatic rings. The van der Waals surface area contributed by atoms with Crippen LogP contribution >= 0.6 is 0 Å². The number of ether oxygens (including phenoxy) is 1. The average molecular weight is 382 g/mol. The third-order valence-electron chi connectivity index (χ3n) is 4.78. The van der Waals surface area contributed by atoms with Gasteiger partial charge in [-0.2, -0.15) is 0 Å². The molecule has 0 radical (unpaired) electrons. The van der Waals surface area contributed by atoms with Crippen molar-refractivity contribution < 1.29 is 14.3 Å². The number of morpholine rings is 1. The molecule has 7 nitrogen and oxygen atoms in total. The fraction of sp³-hybridized carbons (Fsp3) is 0.333. The molecule has 1 heterocycles. The molecular formula is C21H26N4O3. The first-order valence-corrected chi connectivity index (χ1v) is 9.37. The molecule has 1 aliphatic heterocycles. The van der Waals surface area contributed by atoms with Gasteiger partial charge in [0.15, 0.2) is 0 Å². The molecule has 4 N–H and O–H groups in total. The Kier molecular flexibility index (Phi) is 6.49. The number of urea groups is 1. The molecule has 0 aliphatic carbocycles. The summed E-state index contributed by atoms with van der Waals surface area (Å²) in [4.78, 5) is 26.3. The number of amides is 3. The standard InChI is InChI=1S/C21H26N4O3/c1-15-5-2-3-8-18(15)19(24-21(22)27)14-20(26)23-16-6-4-7-17(13-16)25-9-11-28-12-10-25/h2-8,13,19H,9-12,14H2,1H3,(H,23,26)(H3,22,24,27). The lowest BCUT2D eigenvalue weighted by Crippen LogP contribution is -2.36. The molecule has 3 amide bonds. The Bertz CT molecular complexity index is 834. The van der Waals surface area contributed by atoms with Crippen molar-refractivity contribution >= 4 is 23.3 Å². The molecule has 28 heavy (non-hydrogen) atoms. The van der Waals surface area contributed by atoms with Gasteiger partial charge in [0.05, 0.1) is 25.7 Å². The molecule has 2 aromatic rings. The highest BCUT2D eigenvalue weighted by Crippen LogP contribution is 2.23. The lowest BCUT2D eigenvalue weighted by Gasteiger charge is -2.29. The number of nitrogens with two attached hydrogens (primary N) is 1. The maximum absolute atomic E-state index is 12.6. The summed E-state index contributed by atoms with van der Waals surface area (Å²) < 4.78 is 5.39. The minimum absolute atomic E-state index is 0.0928. The third-order valence-corrected chi connectivity index (χ3v) is 4.78. The topological polar surface area (TPSA) is 96.7 Å². The van der Waals surface area contributed by atoms with Gasteiger partial charge < -0.3 is 26.0 Å². The first-order valence-electron chi connectivity index (χ1n) is 9.37. The quantitative estimate of drug-likeness (QED) is 0.715. The summed E-state index contributed by atoms with van der Waals surface area (Å²) in [5.74, 6) is -0.193. The Morgan fingerprint density at radius 3 is 2.61 bits per heavy atom. The van der Waals surface area contributed by atoms with E-state index < -0.39 is 12.1 Å². The van der Waals surface area contributed by atoms with Gasteiger partial charge in [0.1, 0.15) is 0 Å². The monoisotopic (exact) mass is 382 g/mol. The number of hydrogen-bond acceptors (Lipinski definition) is 4. The summed E-state index contributed by atoms with van der Waals surface area (Å²) in [5, 5.41) is 5.60. The van der Waals surface area contributed by atoms with Gasteiger partial charge in [-0.3, -0.25) is 4.79 Å². The number of nitrogens with one attached hydrogen (secondary N) is 2. The first-order chi connectivity index (χ1) is 13.5. The zero-order chi connectivity index (χ0) is 19.9. The van der Waals surface area contributed by atoms with Crippen molar-refractivity contribution in [2.45, 2.75) is 19.4 Å². The minimum atomic E-state index is -0.657. The van der Waals surface area contributed by atoms with Crippen LogP contribution < -0.4 is 21.3 Å².